The molecule has 0 saturated carbocycles. The Morgan fingerprint density at radius 1 is 1.05 bits per heavy atom. The van der Waals surface area contributed by atoms with Gasteiger partial charge in [-0.25, -0.2) is 0 Å². The third kappa shape index (κ3) is 3.72. The van der Waals surface area contributed by atoms with E-state index in [2.05, 4.69) is 34.7 Å². The molecule has 0 aromatic heterocycles. The SMILES string of the molecule is BN1CCN(Cc2cccc(Cl)c2N2CCOCC2)CC1. The van der Waals surface area contributed by atoms with Gasteiger partial charge in [-0.15, -0.1) is 0 Å². The standard InChI is InChI=1S/C15H23BClN3O/c16-20-6-4-18(5-7-20)12-13-2-1-3-14(17)15(13)19-8-10-21-11-9-19/h1-3H,4-12,16H2. The van der Waals surface area contributed by atoms with E-state index in [9.17, 15) is 0 Å². The Balaban J connectivity index is 1.76. The normalized spacial score (nSPS) is 21.7. The monoisotopic (exact) mass is 307 g/mol. The van der Waals surface area contributed by atoms with E-state index in [1.165, 1.54) is 11.3 Å². The summed E-state index contributed by atoms with van der Waals surface area (Å²) in [4.78, 5) is 7.28. The lowest BCUT2D eigenvalue weighted by Crippen LogP contribution is -2.45. The van der Waals surface area contributed by atoms with Crippen LogP contribution in [0.4, 0.5) is 5.69 Å². The first-order valence-electron chi connectivity index (χ1n) is 7.75. The summed E-state index contributed by atoms with van der Waals surface area (Å²) in [5.41, 5.74) is 2.55. The number of ether oxygens (including phenoxy) is 1. The average Bonchev–Trinajstić information content (AvgIpc) is 2.51. The molecule has 2 fully saturated rings. The maximum atomic E-state index is 6.49. The van der Waals surface area contributed by atoms with E-state index >= 15 is 0 Å². The molecule has 0 aliphatic carbocycles. The van der Waals surface area contributed by atoms with E-state index in [0.29, 0.717) is 0 Å². The molecule has 0 atom stereocenters. The number of benzene rings is 1. The van der Waals surface area contributed by atoms with Crippen LogP contribution in [-0.4, -0.2) is 70.2 Å². The first-order valence-corrected chi connectivity index (χ1v) is 8.13. The molecule has 2 heterocycles. The Kier molecular flexibility index (Phi) is 5.06. The van der Waals surface area contributed by atoms with Crippen LogP contribution in [0.1, 0.15) is 5.56 Å². The third-order valence-corrected chi connectivity index (χ3v) is 4.69. The fourth-order valence-corrected chi connectivity index (χ4v) is 3.39. The van der Waals surface area contributed by atoms with Gasteiger partial charge in [0.25, 0.3) is 0 Å². The second-order valence-corrected chi connectivity index (χ2v) is 6.33. The second kappa shape index (κ2) is 7.01. The highest BCUT2D eigenvalue weighted by Gasteiger charge is 2.20. The van der Waals surface area contributed by atoms with Crippen LogP contribution < -0.4 is 4.90 Å². The predicted molar refractivity (Wildman–Crippen MR) is 89.9 cm³/mol. The second-order valence-electron chi connectivity index (χ2n) is 5.93. The Labute approximate surface area is 133 Å². The number of hydrogen-bond donors (Lipinski definition) is 0. The van der Waals surface area contributed by atoms with Gasteiger partial charge in [-0.2, -0.15) is 0 Å². The number of nitrogens with zero attached hydrogens (tertiary/aromatic N) is 3. The number of hydrogen-bond acceptors (Lipinski definition) is 4. The maximum Gasteiger partial charge on any atom is 0.185 e. The first kappa shape index (κ1) is 15.2. The number of piperazine rings is 1. The topological polar surface area (TPSA) is 19.0 Å². The van der Waals surface area contributed by atoms with E-state index in [1.54, 1.807) is 0 Å². The molecule has 4 nitrogen and oxygen atoms in total. The molecule has 0 radical (unpaired) electrons. The molecule has 6 heteroatoms. The molecule has 0 N–H and O–H groups in total. The summed E-state index contributed by atoms with van der Waals surface area (Å²) >= 11 is 6.49. The molecule has 3 rings (SSSR count). The lowest BCUT2D eigenvalue weighted by Gasteiger charge is -2.35. The first-order chi connectivity index (χ1) is 10.2. The van der Waals surface area contributed by atoms with Gasteiger partial charge < -0.3 is 14.4 Å². The van der Waals surface area contributed by atoms with Gasteiger partial charge in [-0.3, -0.25) is 4.90 Å². The van der Waals surface area contributed by atoms with Crippen LogP contribution in [0, 0.1) is 0 Å². The fraction of sp³-hybridized carbons (Fsp3) is 0.600. The van der Waals surface area contributed by atoms with Crippen molar-refractivity contribution in [1.82, 2.24) is 9.71 Å². The van der Waals surface area contributed by atoms with Crippen molar-refractivity contribution in [2.45, 2.75) is 6.54 Å². The summed E-state index contributed by atoms with van der Waals surface area (Å²) in [6.07, 6.45) is 0. The largest absolute Gasteiger partial charge is 0.378 e. The van der Waals surface area contributed by atoms with Crippen molar-refractivity contribution in [3.05, 3.63) is 28.8 Å². The van der Waals surface area contributed by atoms with Crippen molar-refractivity contribution in [2.75, 3.05) is 57.4 Å². The van der Waals surface area contributed by atoms with Gasteiger partial charge in [0.05, 0.1) is 23.9 Å². The fourth-order valence-electron chi connectivity index (χ4n) is 3.08. The summed E-state index contributed by atoms with van der Waals surface area (Å²) in [5.74, 6) is 0. The summed E-state index contributed by atoms with van der Waals surface area (Å²) in [5, 5.41) is 0.864. The lowest BCUT2D eigenvalue weighted by molar-refractivity contribution is 0.122. The lowest BCUT2D eigenvalue weighted by atomic mass is 10.1. The molecule has 114 valence electrons. The number of anilines is 1. The van der Waals surface area contributed by atoms with Crippen LogP contribution in [0.5, 0.6) is 0 Å². The molecule has 0 spiro atoms. The zero-order chi connectivity index (χ0) is 14.7. The Morgan fingerprint density at radius 2 is 1.76 bits per heavy atom. The molecule has 2 aliphatic heterocycles. The van der Waals surface area contributed by atoms with E-state index in [0.717, 1.165) is 64.0 Å². The van der Waals surface area contributed by atoms with Gasteiger partial charge in [0, 0.05) is 32.7 Å². The summed E-state index contributed by atoms with van der Waals surface area (Å²) in [6.45, 7) is 8.98. The molecule has 21 heavy (non-hydrogen) atoms. The Morgan fingerprint density at radius 3 is 2.48 bits per heavy atom. The van der Waals surface area contributed by atoms with Crippen LogP contribution in [0.2, 0.25) is 5.02 Å². The predicted octanol–water partition coefficient (Wildman–Crippen LogP) is 0.842. The Bertz CT molecular complexity index is 474. The zero-order valence-electron chi connectivity index (χ0n) is 12.7. The van der Waals surface area contributed by atoms with Gasteiger partial charge >= 0.3 is 0 Å². The van der Waals surface area contributed by atoms with Crippen molar-refractivity contribution >= 4 is 25.3 Å². The van der Waals surface area contributed by atoms with E-state index in [1.807, 2.05) is 6.07 Å². The minimum Gasteiger partial charge on any atom is -0.378 e. The number of para-hydroxylation sites is 1. The maximum absolute atomic E-state index is 6.49. The Hall–Kier alpha value is -0.745. The van der Waals surface area contributed by atoms with E-state index < -0.39 is 0 Å². The number of rotatable bonds is 3. The third-order valence-electron chi connectivity index (χ3n) is 4.39. The molecular weight excluding hydrogens is 284 g/mol. The van der Waals surface area contributed by atoms with E-state index in [-0.39, 0.29) is 0 Å². The molecule has 0 unspecified atom stereocenters. The molecule has 2 saturated heterocycles. The molecule has 0 amide bonds. The van der Waals surface area contributed by atoms with Crippen LogP contribution in [0.3, 0.4) is 0 Å². The van der Waals surface area contributed by atoms with Crippen molar-refractivity contribution in [3.8, 4) is 0 Å². The van der Waals surface area contributed by atoms with E-state index in [4.69, 9.17) is 16.3 Å². The zero-order valence-corrected chi connectivity index (χ0v) is 13.5. The summed E-state index contributed by atoms with van der Waals surface area (Å²) < 4.78 is 5.46. The van der Waals surface area contributed by atoms with Crippen molar-refractivity contribution in [3.63, 3.8) is 0 Å². The molecule has 1 aromatic rings. The minimum absolute atomic E-state index is 0.791. The van der Waals surface area contributed by atoms with Gasteiger partial charge in [-0.05, 0) is 24.7 Å². The highest BCUT2D eigenvalue weighted by Crippen LogP contribution is 2.31. The van der Waals surface area contributed by atoms with Gasteiger partial charge in [0.1, 0.15) is 0 Å². The number of morpholine rings is 1. The molecular formula is C15H23BClN3O. The van der Waals surface area contributed by atoms with Gasteiger partial charge in [-0.1, -0.05) is 23.7 Å². The highest BCUT2D eigenvalue weighted by atomic mass is 35.5. The smallest absolute Gasteiger partial charge is 0.185 e. The van der Waals surface area contributed by atoms with Gasteiger partial charge in [0.15, 0.2) is 7.98 Å². The van der Waals surface area contributed by atoms with Gasteiger partial charge in [0.2, 0.25) is 0 Å². The average molecular weight is 308 g/mol. The summed E-state index contributed by atoms with van der Waals surface area (Å²) in [7, 11) is 2.19. The van der Waals surface area contributed by atoms with Crippen molar-refractivity contribution < 1.29 is 4.74 Å². The minimum atomic E-state index is 0.791. The highest BCUT2D eigenvalue weighted by molar-refractivity contribution is 6.33. The van der Waals surface area contributed by atoms with Crippen LogP contribution in [-0.2, 0) is 11.3 Å². The van der Waals surface area contributed by atoms with Crippen LogP contribution in [0.25, 0.3) is 0 Å². The molecule has 1 aromatic carbocycles. The quantitative estimate of drug-likeness (QED) is 0.770. The molecule has 2 aliphatic rings. The van der Waals surface area contributed by atoms with Crippen LogP contribution in [0.15, 0.2) is 18.2 Å². The van der Waals surface area contributed by atoms with Crippen molar-refractivity contribution in [2.24, 2.45) is 0 Å². The van der Waals surface area contributed by atoms with Crippen molar-refractivity contribution in [1.29, 1.82) is 0 Å². The van der Waals surface area contributed by atoms with Crippen LogP contribution >= 0.6 is 11.6 Å². The summed E-state index contributed by atoms with van der Waals surface area (Å²) in [6, 6.07) is 6.28. The number of halogens is 1. The molecule has 0 bridgehead atoms.